The van der Waals surface area contributed by atoms with Crippen LogP contribution in [-0.4, -0.2) is 30.7 Å². The highest BCUT2D eigenvalue weighted by Gasteiger charge is 2.45. The van der Waals surface area contributed by atoms with Crippen LogP contribution < -0.4 is 10.0 Å². The Bertz CT molecular complexity index is 613. The summed E-state index contributed by atoms with van der Waals surface area (Å²) in [6.45, 7) is 0. The van der Waals surface area contributed by atoms with E-state index < -0.39 is 15.3 Å². The molecule has 0 fully saturated rings. The van der Waals surface area contributed by atoms with Gasteiger partial charge in [0.05, 0.1) is 22.8 Å². The zero-order valence-corrected chi connectivity index (χ0v) is 10.6. The molecule has 1 aromatic rings. The van der Waals surface area contributed by atoms with E-state index in [0.29, 0.717) is 11.4 Å². The third kappa shape index (κ3) is 1.37. The third-order valence-electron chi connectivity index (χ3n) is 2.94. The Morgan fingerprint density at radius 3 is 3.06 bits per heavy atom. The predicted octanol–water partition coefficient (Wildman–Crippen LogP) is 0.509. The normalized spacial score (nSPS) is 28.9. The molecule has 0 saturated carbocycles. The van der Waals surface area contributed by atoms with Crippen molar-refractivity contribution < 1.29 is 8.42 Å². The second kappa shape index (κ2) is 3.36. The lowest BCUT2D eigenvalue weighted by Crippen LogP contribution is -2.42. The molecule has 2 atom stereocenters. The second-order valence-electron chi connectivity index (χ2n) is 3.86. The summed E-state index contributed by atoms with van der Waals surface area (Å²) in [5, 5.41) is 1.03. The van der Waals surface area contributed by atoms with Crippen LogP contribution in [0.15, 0.2) is 17.7 Å². The molecule has 0 unspecified atom stereocenters. The van der Waals surface area contributed by atoms with Gasteiger partial charge >= 0.3 is 0 Å². The number of nitrogens with zero attached hydrogens (tertiary/aromatic N) is 3. The molecule has 0 amide bonds. The summed E-state index contributed by atoms with van der Waals surface area (Å²) < 4.78 is 25.7. The molecule has 0 aliphatic carbocycles. The first kappa shape index (κ1) is 10.8. The predicted molar refractivity (Wildman–Crippen MR) is 67.0 cm³/mol. The number of hydrogen-bond donors (Lipinski definition) is 1. The van der Waals surface area contributed by atoms with Crippen LogP contribution in [0.25, 0.3) is 0 Å². The molecule has 1 aromatic heterocycles. The summed E-state index contributed by atoms with van der Waals surface area (Å²) in [5.74, 6) is 0.169. The average molecular weight is 270 g/mol. The maximum atomic E-state index is 12.2. The van der Waals surface area contributed by atoms with E-state index in [1.54, 1.807) is 11.5 Å². The summed E-state index contributed by atoms with van der Waals surface area (Å²) in [5.41, 5.74) is 6.76. The van der Waals surface area contributed by atoms with E-state index >= 15 is 0 Å². The van der Waals surface area contributed by atoms with Gasteiger partial charge < -0.3 is 5.73 Å². The van der Waals surface area contributed by atoms with Gasteiger partial charge in [-0.2, -0.15) is 0 Å². The molecule has 90 valence electrons. The summed E-state index contributed by atoms with van der Waals surface area (Å²) >= 11 is 1.45. The molecule has 3 rings (SSSR count). The molecule has 0 spiro atoms. The van der Waals surface area contributed by atoms with Gasteiger partial charge in [0.2, 0.25) is 16.0 Å². The fourth-order valence-electron chi connectivity index (χ4n) is 2.04. The topological polar surface area (TPSA) is 89.2 Å². The fraction of sp³-hybridized carbons (Fsp3) is 0.333. The number of nitrogen functional groups attached to an aromatic ring is 1. The lowest BCUT2D eigenvalue weighted by Gasteiger charge is -2.33. The van der Waals surface area contributed by atoms with Gasteiger partial charge in [0.25, 0.3) is 0 Å². The zero-order chi connectivity index (χ0) is 12.2. The molecular formula is C9H10N4O2S2. The van der Waals surface area contributed by atoms with Crippen LogP contribution in [0.3, 0.4) is 0 Å². The van der Waals surface area contributed by atoms with Crippen molar-refractivity contribution in [3.63, 3.8) is 0 Å². The molecular weight excluding hydrogens is 260 g/mol. The van der Waals surface area contributed by atoms with Crippen molar-refractivity contribution in [1.29, 1.82) is 0 Å². The second-order valence-corrected chi connectivity index (χ2v) is 7.04. The van der Waals surface area contributed by atoms with Crippen molar-refractivity contribution in [2.75, 3.05) is 17.1 Å². The molecule has 17 heavy (non-hydrogen) atoms. The van der Waals surface area contributed by atoms with Gasteiger partial charge in [0.15, 0.2) is 0 Å². The monoisotopic (exact) mass is 270 g/mol. The lowest BCUT2D eigenvalue weighted by molar-refractivity contribution is 0.581. The van der Waals surface area contributed by atoms with Crippen LogP contribution >= 0.6 is 11.8 Å². The summed E-state index contributed by atoms with van der Waals surface area (Å²) in [6.07, 6.45) is 3.16. The first-order valence-corrected chi connectivity index (χ1v) is 7.38. The molecule has 0 radical (unpaired) electrons. The first-order chi connectivity index (χ1) is 8.01. The highest BCUT2D eigenvalue weighted by atomic mass is 32.2. The molecule has 2 N–H and O–H groups in total. The number of fused-ring (bicyclic) bond motifs is 3. The van der Waals surface area contributed by atoms with Crippen molar-refractivity contribution in [2.24, 2.45) is 0 Å². The summed E-state index contributed by atoms with van der Waals surface area (Å²) in [6, 6.07) is 0. The third-order valence-corrected chi connectivity index (χ3v) is 6.32. The van der Waals surface area contributed by atoms with E-state index in [0.717, 1.165) is 0 Å². The Labute approximate surface area is 103 Å². The molecule has 8 heteroatoms. The standard InChI is InChI=1S/C9H10N4O2S2/c1-13-5-4-11-9(10)12-7(5)8-6(2-3-16-8)17(13,14)15/h2-4,6,8H,1H3,(H2,10,11,12)/t6-,8+/m0/s1. The molecule has 0 aromatic carbocycles. The molecule has 2 aliphatic heterocycles. The van der Waals surface area contributed by atoms with Crippen LogP contribution in [0, 0.1) is 0 Å². The van der Waals surface area contributed by atoms with E-state index in [-0.39, 0.29) is 11.2 Å². The largest absolute Gasteiger partial charge is 0.368 e. The maximum Gasteiger partial charge on any atom is 0.243 e. The van der Waals surface area contributed by atoms with E-state index in [1.807, 2.05) is 0 Å². The Balaban J connectivity index is 2.27. The van der Waals surface area contributed by atoms with Gasteiger partial charge in [0, 0.05) is 7.05 Å². The van der Waals surface area contributed by atoms with Crippen molar-refractivity contribution >= 4 is 33.4 Å². The van der Waals surface area contributed by atoms with Crippen LogP contribution in [0.4, 0.5) is 11.6 Å². The average Bonchev–Trinajstić information content (AvgIpc) is 2.76. The zero-order valence-electron chi connectivity index (χ0n) is 8.94. The number of thioether (sulfide) groups is 1. The van der Waals surface area contributed by atoms with E-state index in [2.05, 4.69) is 9.97 Å². The molecule has 2 aliphatic rings. The lowest BCUT2D eigenvalue weighted by atomic mass is 10.2. The maximum absolute atomic E-state index is 12.2. The van der Waals surface area contributed by atoms with Gasteiger partial charge in [-0.1, -0.05) is 6.08 Å². The number of aromatic nitrogens is 2. The summed E-state index contributed by atoms with van der Waals surface area (Å²) in [4.78, 5) is 8.03. The number of anilines is 2. The smallest absolute Gasteiger partial charge is 0.243 e. The van der Waals surface area contributed by atoms with Crippen molar-refractivity contribution in [3.8, 4) is 0 Å². The van der Waals surface area contributed by atoms with Gasteiger partial charge in [-0.25, -0.2) is 18.4 Å². The number of sulfonamides is 1. The van der Waals surface area contributed by atoms with Crippen LogP contribution in [0.2, 0.25) is 0 Å². The van der Waals surface area contributed by atoms with Gasteiger partial charge in [0.1, 0.15) is 5.25 Å². The van der Waals surface area contributed by atoms with Gasteiger partial charge in [-0.3, -0.25) is 4.31 Å². The highest BCUT2D eigenvalue weighted by Crippen LogP contribution is 2.49. The Morgan fingerprint density at radius 2 is 2.29 bits per heavy atom. The number of hydrogen-bond acceptors (Lipinski definition) is 6. The Morgan fingerprint density at radius 1 is 1.53 bits per heavy atom. The van der Waals surface area contributed by atoms with Crippen molar-refractivity contribution in [3.05, 3.63) is 23.4 Å². The van der Waals surface area contributed by atoms with E-state index in [4.69, 9.17) is 5.73 Å². The molecule has 0 saturated heterocycles. The molecule has 6 nitrogen and oxygen atoms in total. The van der Waals surface area contributed by atoms with Gasteiger partial charge in [-0.15, -0.1) is 11.8 Å². The molecule has 3 heterocycles. The first-order valence-electron chi connectivity index (χ1n) is 4.94. The Kier molecular flexibility index (Phi) is 2.14. The quantitative estimate of drug-likeness (QED) is 0.738. The number of rotatable bonds is 0. The minimum absolute atomic E-state index is 0.169. The molecule has 0 bridgehead atoms. The SMILES string of the molecule is CN1c2cnc(N)nc2[C@@H]2SC=C[C@@H]2S1(=O)=O. The van der Waals surface area contributed by atoms with E-state index in [1.165, 1.54) is 29.3 Å². The van der Waals surface area contributed by atoms with Crippen LogP contribution in [0.1, 0.15) is 10.9 Å². The minimum atomic E-state index is -3.36. The van der Waals surface area contributed by atoms with Crippen molar-refractivity contribution in [2.45, 2.75) is 10.5 Å². The highest BCUT2D eigenvalue weighted by molar-refractivity contribution is 8.04. The Hall–Kier alpha value is -1.28. The van der Waals surface area contributed by atoms with Crippen LogP contribution in [-0.2, 0) is 10.0 Å². The van der Waals surface area contributed by atoms with E-state index in [9.17, 15) is 8.42 Å². The number of nitrogens with two attached hydrogens (primary N) is 1. The van der Waals surface area contributed by atoms with Crippen LogP contribution in [0.5, 0.6) is 0 Å². The van der Waals surface area contributed by atoms with Crippen molar-refractivity contribution in [1.82, 2.24) is 9.97 Å². The fourth-order valence-corrected chi connectivity index (χ4v) is 5.22. The van der Waals surface area contributed by atoms with Gasteiger partial charge in [-0.05, 0) is 5.41 Å². The minimum Gasteiger partial charge on any atom is -0.368 e. The summed E-state index contributed by atoms with van der Waals surface area (Å²) in [7, 11) is -1.85.